The summed E-state index contributed by atoms with van der Waals surface area (Å²) >= 11 is 0. The summed E-state index contributed by atoms with van der Waals surface area (Å²) in [6, 6.07) is 7.12. The zero-order chi connectivity index (χ0) is 14.5. The van der Waals surface area contributed by atoms with E-state index < -0.39 is 0 Å². The summed E-state index contributed by atoms with van der Waals surface area (Å²) in [5.41, 5.74) is 4.11. The molecule has 3 nitrogen and oxygen atoms in total. The first kappa shape index (κ1) is 12.1. The second-order valence-electron chi connectivity index (χ2n) is 8.08. The molecular formula is C19H22N2O. The van der Waals surface area contributed by atoms with Crippen LogP contribution in [0.4, 0.5) is 0 Å². The van der Waals surface area contributed by atoms with Crippen LogP contribution >= 0.6 is 0 Å². The van der Waals surface area contributed by atoms with E-state index in [1.807, 2.05) is 0 Å². The molecule has 114 valence electrons. The summed E-state index contributed by atoms with van der Waals surface area (Å²) in [6.45, 7) is 3.41. The number of rotatable bonds is 1. The number of piperidine rings is 4. The maximum Gasteiger partial charge on any atom is 0.254 e. The Morgan fingerprint density at radius 3 is 2.95 bits per heavy atom. The molecule has 3 heteroatoms. The van der Waals surface area contributed by atoms with Crippen LogP contribution in [0.25, 0.3) is 0 Å². The van der Waals surface area contributed by atoms with Crippen LogP contribution in [0.2, 0.25) is 0 Å². The quantitative estimate of drug-likeness (QED) is 0.794. The first-order valence-electron chi connectivity index (χ1n) is 8.97. The fourth-order valence-electron chi connectivity index (χ4n) is 6.40. The lowest BCUT2D eigenvalue weighted by Crippen LogP contribution is -2.89. The van der Waals surface area contributed by atoms with E-state index in [1.54, 1.807) is 0 Å². The number of benzene rings is 1. The number of carbonyl (C=O) groups excluding carboxylic acids is 1. The Labute approximate surface area is 131 Å². The van der Waals surface area contributed by atoms with Gasteiger partial charge in [0, 0.05) is 30.6 Å². The Bertz CT molecular complexity index is 690. The molecule has 0 radical (unpaired) electrons. The van der Waals surface area contributed by atoms with E-state index in [9.17, 15) is 4.79 Å². The van der Waals surface area contributed by atoms with Crippen molar-refractivity contribution in [2.45, 2.75) is 49.6 Å². The SMILES string of the molecule is O=C1c2cccc3c2C(CCC3)CN1C12CN3CCC1CC32. The largest absolute Gasteiger partial charge is 0.329 e. The second kappa shape index (κ2) is 3.76. The molecule has 22 heavy (non-hydrogen) atoms. The first-order chi connectivity index (χ1) is 10.8. The number of aryl methyl sites for hydroxylation is 1. The van der Waals surface area contributed by atoms with E-state index in [-0.39, 0.29) is 5.54 Å². The highest BCUT2D eigenvalue weighted by Crippen LogP contribution is 2.60. The van der Waals surface area contributed by atoms with Gasteiger partial charge in [0.05, 0.1) is 5.54 Å². The highest BCUT2D eigenvalue weighted by atomic mass is 16.2. The van der Waals surface area contributed by atoms with Gasteiger partial charge in [0.15, 0.2) is 0 Å². The average Bonchev–Trinajstić information content (AvgIpc) is 2.56. The zero-order valence-corrected chi connectivity index (χ0v) is 12.9. The minimum atomic E-state index is 0.223. The van der Waals surface area contributed by atoms with Crippen molar-refractivity contribution in [1.82, 2.24) is 9.80 Å². The molecule has 1 aromatic rings. The van der Waals surface area contributed by atoms with E-state index in [2.05, 4.69) is 28.0 Å². The van der Waals surface area contributed by atoms with Crippen molar-refractivity contribution in [3.05, 3.63) is 34.9 Å². The van der Waals surface area contributed by atoms with Crippen molar-refractivity contribution in [3.8, 4) is 0 Å². The maximum atomic E-state index is 13.3. The monoisotopic (exact) mass is 294 g/mol. The molecule has 1 aromatic carbocycles. The molecule has 7 rings (SSSR count). The third-order valence-electron chi connectivity index (χ3n) is 7.44. The van der Waals surface area contributed by atoms with Crippen molar-refractivity contribution in [2.75, 3.05) is 19.6 Å². The molecule has 4 fully saturated rings. The van der Waals surface area contributed by atoms with Crippen molar-refractivity contribution in [2.24, 2.45) is 5.92 Å². The minimum Gasteiger partial charge on any atom is -0.329 e. The topological polar surface area (TPSA) is 23.6 Å². The van der Waals surface area contributed by atoms with E-state index in [0.29, 0.717) is 17.9 Å². The van der Waals surface area contributed by atoms with Gasteiger partial charge in [0.1, 0.15) is 0 Å². The van der Waals surface area contributed by atoms with Crippen LogP contribution in [0.3, 0.4) is 0 Å². The lowest BCUT2D eigenvalue weighted by atomic mass is 9.50. The summed E-state index contributed by atoms with van der Waals surface area (Å²) < 4.78 is 0. The van der Waals surface area contributed by atoms with Gasteiger partial charge in [-0.1, -0.05) is 12.1 Å². The number of amides is 1. The van der Waals surface area contributed by atoms with Gasteiger partial charge in [-0.05, 0) is 61.8 Å². The molecule has 4 aliphatic heterocycles. The third-order valence-corrected chi connectivity index (χ3v) is 7.44. The molecule has 0 aromatic heterocycles. The van der Waals surface area contributed by atoms with Crippen molar-refractivity contribution >= 4 is 5.91 Å². The lowest BCUT2D eigenvalue weighted by Gasteiger charge is -2.77. The van der Waals surface area contributed by atoms with Gasteiger partial charge in [0.2, 0.25) is 0 Å². The van der Waals surface area contributed by atoms with Crippen molar-refractivity contribution < 1.29 is 4.79 Å². The van der Waals surface area contributed by atoms with Crippen LogP contribution in [0.1, 0.15) is 53.1 Å². The predicted molar refractivity (Wildman–Crippen MR) is 84.0 cm³/mol. The van der Waals surface area contributed by atoms with Crippen LogP contribution in [-0.4, -0.2) is 46.9 Å². The normalized spacial score (nSPS) is 44.0. The molecule has 6 aliphatic rings. The summed E-state index contributed by atoms with van der Waals surface area (Å²) in [6.07, 6.45) is 6.36. The maximum absolute atomic E-state index is 13.3. The Hall–Kier alpha value is -1.35. The van der Waals surface area contributed by atoms with Gasteiger partial charge in [-0.3, -0.25) is 9.69 Å². The first-order valence-corrected chi connectivity index (χ1v) is 8.97. The fraction of sp³-hybridized carbons (Fsp3) is 0.632. The molecular weight excluding hydrogens is 272 g/mol. The van der Waals surface area contributed by atoms with Gasteiger partial charge < -0.3 is 4.90 Å². The van der Waals surface area contributed by atoms with E-state index >= 15 is 0 Å². The molecule has 5 unspecified atom stereocenters. The molecule has 3 saturated heterocycles. The third kappa shape index (κ3) is 1.16. The van der Waals surface area contributed by atoms with Crippen LogP contribution in [-0.2, 0) is 6.42 Å². The number of nitrogens with zero attached hydrogens (tertiary/aromatic N) is 2. The smallest absolute Gasteiger partial charge is 0.254 e. The second-order valence-corrected chi connectivity index (χ2v) is 8.08. The molecule has 0 N–H and O–H groups in total. The molecule has 5 atom stereocenters. The van der Waals surface area contributed by atoms with E-state index in [1.165, 1.54) is 43.4 Å². The van der Waals surface area contributed by atoms with Gasteiger partial charge in [-0.2, -0.15) is 0 Å². The van der Waals surface area contributed by atoms with E-state index in [4.69, 9.17) is 0 Å². The van der Waals surface area contributed by atoms with Crippen molar-refractivity contribution in [1.29, 1.82) is 0 Å². The summed E-state index contributed by atoms with van der Waals surface area (Å²) in [5, 5.41) is 0. The Morgan fingerprint density at radius 1 is 1.23 bits per heavy atom. The van der Waals surface area contributed by atoms with Gasteiger partial charge >= 0.3 is 0 Å². The molecule has 4 bridgehead atoms. The fourth-order valence-corrected chi connectivity index (χ4v) is 6.40. The molecule has 1 amide bonds. The number of hydrogen-bond donors (Lipinski definition) is 0. The van der Waals surface area contributed by atoms with Crippen LogP contribution in [0.15, 0.2) is 18.2 Å². The Kier molecular flexibility index (Phi) is 2.07. The molecule has 4 heterocycles. The standard InChI is InChI=1S/C19H22N2O/c22-18-15-6-2-4-12-3-1-5-13(17(12)15)10-21(18)19-11-20-8-7-14(19)9-16(19)20/h2,4,6,13-14,16H,1,3,5,7-11H2. The number of hydrogen-bond acceptors (Lipinski definition) is 2. The summed E-state index contributed by atoms with van der Waals surface area (Å²) in [7, 11) is 0. The predicted octanol–water partition coefficient (Wildman–Crippen LogP) is 2.41. The van der Waals surface area contributed by atoms with Crippen LogP contribution in [0, 0.1) is 5.92 Å². The summed E-state index contributed by atoms with van der Waals surface area (Å²) in [4.78, 5) is 18.2. The molecule has 2 aliphatic carbocycles. The summed E-state index contributed by atoms with van der Waals surface area (Å²) in [5.74, 6) is 1.72. The van der Waals surface area contributed by atoms with Crippen LogP contribution < -0.4 is 0 Å². The zero-order valence-electron chi connectivity index (χ0n) is 12.9. The number of carbonyl (C=O) groups is 1. The highest BCUT2D eigenvalue weighted by molar-refractivity contribution is 5.98. The van der Waals surface area contributed by atoms with Gasteiger partial charge in [-0.25, -0.2) is 0 Å². The Balaban J connectivity index is 1.46. The highest BCUT2D eigenvalue weighted by Gasteiger charge is 2.71. The lowest BCUT2D eigenvalue weighted by molar-refractivity contribution is -0.239. The van der Waals surface area contributed by atoms with E-state index in [0.717, 1.165) is 31.0 Å². The minimum absolute atomic E-state index is 0.223. The van der Waals surface area contributed by atoms with Crippen LogP contribution in [0.5, 0.6) is 0 Å². The molecule has 0 spiro atoms. The van der Waals surface area contributed by atoms with Gasteiger partial charge in [-0.15, -0.1) is 0 Å². The van der Waals surface area contributed by atoms with Crippen molar-refractivity contribution in [3.63, 3.8) is 0 Å². The molecule has 1 saturated carbocycles. The Morgan fingerprint density at radius 2 is 2.18 bits per heavy atom. The van der Waals surface area contributed by atoms with Gasteiger partial charge in [0.25, 0.3) is 5.91 Å². The average molecular weight is 294 g/mol. The number of fused-ring (bicyclic) bond motifs is 1.